The molecule has 1 amide bonds. The fourth-order valence-corrected chi connectivity index (χ4v) is 1.84. The highest BCUT2D eigenvalue weighted by Crippen LogP contribution is 2.29. The van der Waals surface area contributed by atoms with Crippen LogP contribution in [0.1, 0.15) is 32.6 Å². The molecule has 96 valence electrons. The highest BCUT2D eigenvalue weighted by molar-refractivity contribution is 5.85. The molecule has 0 aromatic rings. The highest BCUT2D eigenvalue weighted by atomic mass is 16.5. The summed E-state index contributed by atoms with van der Waals surface area (Å²) in [5, 5.41) is 21.2. The van der Waals surface area contributed by atoms with Crippen LogP contribution in [0.3, 0.4) is 0 Å². The van der Waals surface area contributed by atoms with Gasteiger partial charge in [-0.2, -0.15) is 5.26 Å². The first-order chi connectivity index (χ1) is 8.14. The first-order valence-electron chi connectivity index (χ1n) is 6.10. The van der Waals surface area contributed by atoms with Crippen LogP contribution in [0.25, 0.3) is 0 Å². The van der Waals surface area contributed by atoms with Crippen LogP contribution in [0.2, 0.25) is 0 Å². The van der Waals surface area contributed by atoms with Crippen molar-refractivity contribution in [2.75, 3.05) is 19.8 Å². The van der Waals surface area contributed by atoms with Crippen LogP contribution in [0.5, 0.6) is 0 Å². The van der Waals surface area contributed by atoms with E-state index in [0.29, 0.717) is 45.4 Å². The molecule has 0 aliphatic carbocycles. The number of aliphatic hydroxyl groups excluding tert-OH is 1. The molecule has 0 bridgehead atoms. The van der Waals surface area contributed by atoms with Crippen LogP contribution in [-0.2, 0) is 9.53 Å². The van der Waals surface area contributed by atoms with Crippen LogP contribution in [0.15, 0.2) is 0 Å². The van der Waals surface area contributed by atoms with Crippen molar-refractivity contribution < 1.29 is 14.6 Å². The third kappa shape index (κ3) is 3.69. The molecule has 1 saturated heterocycles. The Kier molecular flexibility index (Phi) is 5.39. The second-order valence-corrected chi connectivity index (χ2v) is 4.41. The Balaban J connectivity index is 2.42. The minimum atomic E-state index is -0.935. The lowest BCUT2D eigenvalue weighted by atomic mass is 9.81. The first kappa shape index (κ1) is 13.9. The maximum absolute atomic E-state index is 12.0. The van der Waals surface area contributed by atoms with Crippen molar-refractivity contribution in [3.8, 4) is 6.07 Å². The summed E-state index contributed by atoms with van der Waals surface area (Å²) in [5.41, 5.74) is -0.935. The van der Waals surface area contributed by atoms with Gasteiger partial charge in [0.15, 0.2) is 0 Å². The van der Waals surface area contributed by atoms with Crippen LogP contribution >= 0.6 is 0 Å². The molecule has 5 heteroatoms. The highest BCUT2D eigenvalue weighted by Gasteiger charge is 2.40. The molecule has 0 aromatic heterocycles. The van der Waals surface area contributed by atoms with Crippen molar-refractivity contribution in [1.29, 1.82) is 5.26 Å². The SMILES string of the molecule is CCC(O)CCNC(=O)C1(C#N)CCOCC1. The summed E-state index contributed by atoms with van der Waals surface area (Å²) in [7, 11) is 0. The number of nitrogens with zero attached hydrogens (tertiary/aromatic N) is 1. The van der Waals surface area contributed by atoms with Crippen molar-refractivity contribution in [1.82, 2.24) is 5.32 Å². The summed E-state index contributed by atoms with van der Waals surface area (Å²) in [6, 6.07) is 2.11. The van der Waals surface area contributed by atoms with E-state index in [0.717, 1.165) is 0 Å². The van der Waals surface area contributed by atoms with Crippen molar-refractivity contribution in [3.05, 3.63) is 0 Å². The lowest BCUT2D eigenvalue weighted by Crippen LogP contribution is -2.44. The number of nitriles is 1. The quantitative estimate of drug-likeness (QED) is 0.736. The van der Waals surface area contributed by atoms with E-state index in [1.54, 1.807) is 0 Å². The molecule has 2 N–H and O–H groups in total. The summed E-state index contributed by atoms with van der Waals surface area (Å²) in [5.74, 6) is -0.230. The van der Waals surface area contributed by atoms with E-state index >= 15 is 0 Å². The topological polar surface area (TPSA) is 82.4 Å². The average Bonchev–Trinajstić information content (AvgIpc) is 2.39. The summed E-state index contributed by atoms with van der Waals surface area (Å²) < 4.78 is 5.17. The molecule has 0 radical (unpaired) electrons. The maximum Gasteiger partial charge on any atom is 0.240 e. The molecule has 0 aromatic carbocycles. The fourth-order valence-electron chi connectivity index (χ4n) is 1.84. The second kappa shape index (κ2) is 6.58. The number of amides is 1. The van der Waals surface area contributed by atoms with Crippen molar-refractivity contribution in [3.63, 3.8) is 0 Å². The Bertz CT molecular complexity index is 293. The number of ether oxygens (including phenoxy) is 1. The first-order valence-corrected chi connectivity index (χ1v) is 6.10. The van der Waals surface area contributed by atoms with E-state index in [1.807, 2.05) is 6.92 Å². The molecular formula is C12H20N2O3. The zero-order valence-corrected chi connectivity index (χ0v) is 10.2. The van der Waals surface area contributed by atoms with Gasteiger partial charge in [0.25, 0.3) is 0 Å². The van der Waals surface area contributed by atoms with Crippen molar-refractivity contribution in [2.45, 2.75) is 38.7 Å². The Morgan fingerprint density at radius 2 is 2.24 bits per heavy atom. The Morgan fingerprint density at radius 1 is 1.59 bits per heavy atom. The van der Waals surface area contributed by atoms with E-state index < -0.39 is 5.41 Å². The molecule has 1 heterocycles. The summed E-state index contributed by atoms with van der Waals surface area (Å²) >= 11 is 0. The van der Waals surface area contributed by atoms with Gasteiger partial charge >= 0.3 is 0 Å². The van der Waals surface area contributed by atoms with Crippen molar-refractivity contribution >= 4 is 5.91 Å². The third-order valence-electron chi connectivity index (χ3n) is 3.23. The van der Waals surface area contributed by atoms with E-state index in [2.05, 4.69) is 11.4 Å². The standard InChI is InChI=1S/C12H20N2O3/c1-2-10(15)3-6-14-11(16)12(9-13)4-7-17-8-5-12/h10,15H,2-8H2,1H3,(H,14,16). The molecule has 1 aliphatic rings. The van der Waals surface area contributed by atoms with E-state index in [4.69, 9.17) is 10.00 Å². The molecule has 5 nitrogen and oxygen atoms in total. The largest absolute Gasteiger partial charge is 0.393 e. The minimum absolute atomic E-state index is 0.230. The van der Waals surface area contributed by atoms with Gasteiger partial charge in [-0.3, -0.25) is 4.79 Å². The molecule has 1 aliphatic heterocycles. The van der Waals surface area contributed by atoms with Crippen LogP contribution in [0, 0.1) is 16.7 Å². The Hall–Kier alpha value is -1.12. The zero-order valence-electron chi connectivity index (χ0n) is 10.2. The predicted octanol–water partition coefficient (Wildman–Crippen LogP) is 0.584. The van der Waals surface area contributed by atoms with E-state index in [1.165, 1.54) is 0 Å². The summed E-state index contributed by atoms with van der Waals surface area (Å²) in [6.07, 6.45) is 1.72. The number of rotatable bonds is 5. The van der Waals surface area contributed by atoms with Gasteiger partial charge in [-0.1, -0.05) is 6.92 Å². The molecule has 17 heavy (non-hydrogen) atoms. The number of carbonyl (C=O) groups is 1. The molecular weight excluding hydrogens is 220 g/mol. The predicted molar refractivity (Wildman–Crippen MR) is 62.0 cm³/mol. The van der Waals surface area contributed by atoms with E-state index in [9.17, 15) is 9.90 Å². The van der Waals surface area contributed by atoms with Gasteiger partial charge in [0.1, 0.15) is 5.41 Å². The van der Waals surface area contributed by atoms with Crippen LogP contribution < -0.4 is 5.32 Å². The average molecular weight is 240 g/mol. The monoisotopic (exact) mass is 240 g/mol. The van der Waals surface area contributed by atoms with Gasteiger partial charge in [0.2, 0.25) is 5.91 Å². The lowest BCUT2D eigenvalue weighted by molar-refractivity contribution is -0.132. The molecule has 1 atom stereocenters. The van der Waals surface area contributed by atoms with Gasteiger partial charge in [-0.25, -0.2) is 0 Å². The number of nitrogens with one attached hydrogen (secondary N) is 1. The smallest absolute Gasteiger partial charge is 0.240 e. The Labute approximate surface area is 102 Å². The summed E-state index contributed by atoms with van der Waals surface area (Å²) in [6.45, 7) is 3.22. The number of hydrogen-bond acceptors (Lipinski definition) is 4. The Morgan fingerprint density at radius 3 is 2.76 bits per heavy atom. The number of aliphatic hydroxyl groups is 1. The lowest BCUT2D eigenvalue weighted by Gasteiger charge is -2.29. The molecule has 0 spiro atoms. The normalized spacial score (nSPS) is 20.3. The molecule has 0 saturated carbocycles. The minimum Gasteiger partial charge on any atom is -0.393 e. The second-order valence-electron chi connectivity index (χ2n) is 4.41. The molecule has 1 fully saturated rings. The van der Waals surface area contributed by atoms with Gasteiger partial charge in [-0.05, 0) is 25.7 Å². The van der Waals surface area contributed by atoms with Crippen LogP contribution in [-0.4, -0.2) is 36.9 Å². The molecule has 1 unspecified atom stereocenters. The number of hydrogen-bond donors (Lipinski definition) is 2. The van der Waals surface area contributed by atoms with Gasteiger partial charge in [0.05, 0.1) is 12.2 Å². The number of carbonyl (C=O) groups excluding carboxylic acids is 1. The van der Waals surface area contributed by atoms with Crippen LogP contribution in [0.4, 0.5) is 0 Å². The van der Waals surface area contributed by atoms with Crippen molar-refractivity contribution in [2.24, 2.45) is 5.41 Å². The van der Waals surface area contributed by atoms with Gasteiger partial charge in [0, 0.05) is 19.8 Å². The third-order valence-corrected chi connectivity index (χ3v) is 3.23. The van der Waals surface area contributed by atoms with Gasteiger partial charge < -0.3 is 15.2 Å². The summed E-state index contributed by atoms with van der Waals surface area (Å²) in [4.78, 5) is 12.0. The maximum atomic E-state index is 12.0. The van der Waals surface area contributed by atoms with Gasteiger partial charge in [-0.15, -0.1) is 0 Å². The van der Waals surface area contributed by atoms with E-state index in [-0.39, 0.29) is 12.0 Å². The fraction of sp³-hybridized carbons (Fsp3) is 0.833. The molecule has 1 rings (SSSR count). The zero-order chi connectivity index (χ0) is 12.7.